The van der Waals surface area contributed by atoms with Gasteiger partial charge in [0.1, 0.15) is 5.82 Å². The number of benzene rings is 1. The number of carbonyl (C=O) groups excluding carboxylic acids is 1. The predicted octanol–water partition coefficient (Wildman–Crippen LogP) is 3.26. The van der Waals surface area contributed by atoms with E-state index in [2.05, 4.69) is 10.3 Å². The van der Waals surface area contributed by atoms with Gasteiger partial charge in [-0.2, -0.15) is 0 Å². The zero-order valence-electron chi connectivity index (χ0n) is 11.8. The van der Waals surface area contributed by atoms with Gasteiger partial charge in [0.05, 0.1) is 13.0 Å². The van der Waals surface area contributed by atoms with E-state index in [1.165, 1.54) is 0 Å². The lowest BCUT2D eigenvalue weighted by Crippen LogP contribution is -2.26. The summed E-state index contributed by atoms with van der Waals surface area (Å²) < 4.78 is 0. The minimum atomic E-state index is 0.106. The highest BCUT2D eigenvalue weighted by molar-refractivity contribution is 6.31. The lowest BCUT2D eigenvalue weighted by molar-refractivity contribution is -0.117. The van der Waals surface area contributed by atoms with Crippen molar-refractivity contribution in [2.75, 3.05) is 16.8 Å². The van der Waals surface area contributed by atoms with Gasteiger partial charge in [-0.05, 0) is 42.3 Å². The number of nitrogens with one attached hydrogen (secondary N) is 1. The first-order valence-corrected chi connectivity index (χ1v) is 7.33. The number of nitrogens with zero attached hydrogens (tertiary/aromatic N) is 2. The Hall–Kier alpha value is -2.07. The minimum absolute atomic E-state index is 0.106. The molecule has 1 amide bonds. The van der Waals surface area contributed by atoms with Crippen LogP contribution < -0.4 is 10.2 Å². The molecule has 0 aliphatic carbocycles. The summed E-state index contributed by atoms with van der Waals surface area (Å²) in [5.74, 6) is 0.932. The van der Waals surface area contributed by atoms with Crippen molar-refractivity contribution in [3.05, 3.63) is 52.7 Å². The molecule has 0 saturated heterocycles. The Morgan fingerprint density at radius 2 is 2.19 bits per heavy atom. The molecular weight excluding hydrogens is 286 g/mol. The molecule has 3 rings (SSSR count). The number of anilines is 2. The van der Waals surface area contributed by atoms with E-state index in [4.69, 9.17) is 11.6 Å². The molecule has 0 fully saturated rings. The zero-order chi connectivity index (χ0) is 14.8. The van der Waals surface area contributed by atoms with Gasteiger partial charge < -0.3 is 10.2 Å². The van der Waals surface area contributed by atoms with Gasteiger partial charge in [0.15, 0.2) is 0 Å². The van der Waals surface area contributed by atoms with Crippen LogP contribution in [0.1, 0.15) is 18.1 Å². The summed E-state index contributed by atoms with van der Waals surface area (Å²) >= 11 is 6.05. The molecule has 2 heterocycles. The fraction of sp³-hybridized carbons (Fsp3) is 0.250. The summed E-state index contributed by atoms with van der Waals surface area (Å²) in [6.45, 7) is 3.38. The van der Waals surface area contributed by atoms with Gasteiger partial charge in [-0.3, -0.25) is 4.79 Å². The Bertz CT molecular complexity index is 687. The number of halogens is 1. The molecule has 1 aliphatic heterocycles. The molecule has 1 aliphatic rings. The number of rotatable bonds is 4. The normalized spacial score (nSPS) is 13.4. The highest BCUT2D eigenvalue weighted by Crippen LogP contribution is 2.32. The van der Waals surface area contributed by atoms with Gasteiger partial charge in [0.25, 0.3) is 0 Å². The van der Waals surface area contributed by atoms with Crippen molar-refractivity contribution >= 4 is 29.0 Å². The van der Waals surface area contributed by atoms with Crippen molar-refractivity contribution in [2.24, 2.45) is 0 Å². The molecule has 5 heteroatoms. The molecule has 0 saturated carbocycles. The molecule has 1 aromatic heterocycles. The van der Waals surface area contributed by atoms with Gasteiger partial charge in [-0.15, -0.1) is 0 Å². The second-order valence-corrected chi connectivity index (χ2v) is 5.45. The van der Waals surface area contributed by atoms with Gasteiger partial charge in [-0.25, -0.2) is 4.98 Å². The quantitative estimate of drug-likeness (QED) is 0.943. The first kappa shape index (κ1) is 13.9. The summed E-state index contributed by atoms with van der Waals surface area (Å²) in [4.78, 5) is 18.2. The molecule has 0 spiro atoms. The molecule has 0 bridgehead atoms. The van der Waals surface area contributed by atoms with Crippen LogP contribution in [-0.4, -0.2) is 17.4 Å². The Balaban J connectivity index is 1.87. The largest absolute Gasteiger partial charge is 0.370 e. The van der Waals surface area contributed by atoms with E-state index >= 15 is 0 Å². The van der Waals surface area contributed by atoms with Crippen molar-refractivity contribution < 1.29 is 4.79 Å². The van der Waals surface area contributed by atoms with E-state index in [-0.39, 0.29) is 5.91 Å². The molecule has 2 aromatic rings. The topological polar surface area (TPSA) is 45.2 Å². The highest BCUT2D eigenvalue weighted by Gasteiger charge is 2.27. The summed E-state index contributed by atoms with van der Waals surface area (Å²) in [6.07, 6.45) is 2.20. The van der Waals surface area contributed by atoms with Gasteiger partial charge in [-0.1, -0.05) is 17.7 Å². The van der Waals surface area contributed by atoms with E-state index in [9.17, 15) is 4.79 Å². The van der Waals surface area contributed by atoms with E-state index < -0.39 is 0 Å². The van der Waals surface area contributed by atoms with Crippen LogP contribution in [0.2, 0.25) is 5.02 Å². The van der Waals surface area contributed by atoms with Crippen molar-refractivity contribution in [1.82, 2.24) is 4.98 Å². The molecule has 21 heavy (non-hydrogen) atoms. The Morgan fingerprint density at radius 3 is 3.00 bits per heavy atom. The van der Waals surface area contributed by atoms with Gasteiger partial charge in [0.2, 0.25) is 5.91 Å². The first-order valence-electron chi connectivity index (χ1n) is 6.95. The lowest BCUT2D eigenvalue weighted by atomic mass is 10.1. The highest BCUT2D eigenvalue weighted by atomic mass is 35.5. The van der Waals surface area contributed by atoms with Crippen molar-refractivity contribution in [3.8, 4) is 0 Å². The van der Waals surface area contributed by atoms with Crippen LogP contribution in [-0.2, 0) is 17.8 Å². The van der Waals surface area contributed by atoms with Crippen LogP contribution in [0.3, 0.4) is 0 Å². The maximum Gasteiger partial charge on any atom is 0.231 e. The number of fused-ring (bicyclic) bond motifs is 1. The predicted molar refractivity (Wildman–Crippen MR) is 84.7 cm³/mol. The number of pyridine rings is 1. The Kier molecular flexibility index (Phi) is 3.80. The summed E-state index contributed by atoms with van der Waals surface area (Å²) in [5, 5.41) is 3.83. The summed E-state index contributed by atoms with van der Waals surface area (Å²) in [6, 6.07) is 9.50. The third-order valence-corrected chi connectivity index (χ3v) is 3.74. The van der Waals surface area contributed by atoms with Crippen LogP contribution in [0, 0.1) is 0 Å². The second-order valence-electron chi connectivity index (χ2n) is 5.01. The summed E-state index contributed by atoms with van der Waals surface area (Å²) in [5.41, 5.74) is 2.99. The van der Waals surface area contributed by atoms with Crippen LogP contribution in [0.25, 0.3) is 0 Å². The maximum absolute atomic E-state index is 12.2. The standard InChI is InChI=1S/C16H16ClN3O/c1-2-18-15-7-11(5-6-19-15)10-20-14-9-13(17)4-3-12(14)8-16(20)21/h3-7,9H,2,8,10H2,1H3,(H,18,19). The van der Waals surface area contributed by atoms with Crippen LogP contribution in [0.15, 0.2) is 36.5 Å². The smallest absolute Gasteiger partial charge is 0.231 e. The minimum Gasteiger partial charge on any atom is -0.370 e. The van der Waals surface area contributed by atoms with Crippen LogP contribution in [0.5, 0.6) is 0 Å². The van der Waals surface area contributed by atoms with E-state index in [0.717, 1.165) is 29.2 Å². The summed E-state index contributed by atoms with van der Waals surface area (Å²) in [7, 11) is 0. The van der Waals surface area contributed by atoms with Gasteiger partial charge in [0, 0.05) is 23.5 Å². The van der Waals surface area contributed by atoms with Crippen LogP contribution in [0.4, 0.5) is 11.5 Å². The van der Waals surface area contributed by atoms with Crippen molar-refractivity contribution in [1.29, 1.82) is 0 Å². The Morgan fingerprint density at radius 1 is 1.33 bits per heavy atom. The molecule has 1 aromatic carbocycles. The monoisotopic (exact) mass is 301 g/mol. The van der Waals surface area contributed by atoms with E-state index in [1.54, 1.807) is 11.1 Å². The first-order chi connectivity index (χ1) is 10.2. The third kappa shape index (κ3) is 2.85. The molecule has 0 atom stereocenters. The number of hydrogen-bond acceptors (Lipinski definition) is 3. The average Bonchev–Trinajstić information content (AvgIpc) is 2.76. The zero-order valence-corrected chi connectivity index (χ0v) is 12.5. The molecular formula is C16H16ClN3O. The molecule has 4 nitrogen and oxygen atoms in total. The van der Waals surface area contributed by atoms with Crippen molar-refractivity contribution in [2.45, 2.75) is 19.9 Å². The van der Waals surface area contributed by atoms with Gasteiger partial charge >= 0.3 is 0 Å². The fourth-order valence-electron chi connectivity index (χ4n) is 2.54. The second kappa shape index (κ2) is 5.74. The maximum atomic E-state index is 12.2. The van der Waals surface area contributed by atoms with E-state index in [1.807, 2.05) is 37.3 Å². The lowest BCUT2D eigenvalue weighted by Gasteiger charge is -2.18. The number of amides is 1. The Labute approximate surface area is 128 Å². The molecule has 0 unspecified atom stereocenters. The average molecular weight is 302 g/mol. The molecule has 1 N–H and O–H groups in total. The van der Waals surface area contributed by atoms with Crippen molar-refractivity contribution in [3.63, 3.8) is 0 Å². The number of hydrogen-bond donors (Lipinski definition) is 1. The number of carbonyl (C=O) groups is 1. The fourth-order valence-corrected chi connectivity index (χ4v) is 2.70. The third-order valence-electron chi connectivity index (χ3n) is 3.50. The SMILES string of the molecule is CCNc1cc(CN2C(=O)Cc3ccc(Cl)cc32)ccn1. The molecule has 108 valence electrons. The molecule has 0 radical (unpaired) electrons. The number of aromatic nitrogens is 1. The van der Waals surface area contributed by atoms with E-state index in [0.29, 0.717) is 18.0 Å². The van der Waals surface area contributed by atoms with Crippen LogP contribution >= 0.6 is 11.6 Å².